The summed E-state index contributed by atoms with van der Waals surface area (Å²) in [5.41, 5.74) is 0.913. The summed E-state index contributed by atoms with van der Waals surface area (Å²) < 4.78 is 11.2. The second-order valence-electron chi connectivity index (χ2n) is 5.32. The molecule has 21 heavy (non-hydrogen) atoms. The van der Waals surface area contributed by atoms with Gasteiger partial charge < -0.3 is 19.9 Å². The number of aliphatic hydroxyl groups is 1. The van der Waals surface area contributed by atoms with E-state index < -0.39 is 6.10 Å². The normalized spacial score (nSPS) is 20.5. The zero-order valence-corrected chi connectivity index (χ0v) is 12.0. The molecule has 0 aromatic heterocycles. The number of hydrogen-bond acceptors (Lipinski definition) is 4. The Morgan fingerprint density at radius 3 is 2.95 bits per heavy atom. The third kappa shape index (κ3) is 3.60. The topological polar surface area (TPSA) is 50.7 Å². The van der Waals surface area contributed by atoms with Crippen molar-refractivity contribution in [1.29, 1.82) is 0 Å². The summed E-state index contributed by atoms with van der Waals surface area (Å²) in [5, 5.41) is 15.8. The summed E-state index contributed by atoms with van der Waals surface area (Å²) in [5.74, 6) is 0. The molecule has 1 aliphatic heterocycles. The highest BCUT2D eigenvalue weighted by molar-refractivity contribution is 5.85. The van der Waals surface area contributed by atoms with Gasteiger partial charge in [-0.25, -0.2) is 0 Å². The van der Waals surface area contributed by atoms with E-state index in [1.165, 1.54) is 0 Å². The van der Waals surface area contributed by atoms with Crippen molar-refractivity contribution in [2.45, 2.75) is 12.2 Å². The maximum absolute atomic E-state index is 10.4. The monoisotopic (exact) mass is 287 g/mol. The summed E-state index contributed by atoms with van der Waals surface area (Å²) in [4.78, 5) is 0. The van der Waals surface area contributed by atoms with Gasteiger partial charge in [-0.05, 0) is 16.3 Å². The average Bonchev–Trinajstić information content (AvgIpc) is 2.55. The molecule has 0 bridgehead atoms. The van der Waals surface area contributed by atoms with Crippen molar-refractivity contribution in [2.24, 2.45) is 0 Å². The molecule has 4 heteroatoms. The molecule has 4 nitrogen and oxygen atoms in total. The Morgan fingerprint density at radius 2 is 2.10 bits per heavy atom. The van der Waals surface area contributed by atoms with Gasteiger partial charge in [0.05, 0.1) is 25.9 Å². The number of ether oxygens (including phenoxy) is 2. The van der Waals surface area contributed by atoms with Crippen molar-refractivity contribution in [3.8, 4) is 0 Å². The Labute approximate surface area is 124 Å². The molecule has 0 saturated carbocycles. The van der Waals surface area contributed by atoms with Crippen LogP contribution in [0.1, 0.15) is 11.7 Å². The number of morpholine rings is 1. The van der Waals surface area contributed by atoms with Crippen LogP contribution in [-0.4, -0.2) is 44.1 Å². The first-order chi connectivity index (χ1) is 10.3. The van der Waals surface area contributed by atoms with Gasteiger partial charge in [-0.1, -0.05) is 42.5 Å². The van der Waals surface area contributed by atoms with Gasteiger partial charge in [-0.3, -0.25) is 0 Å². The van der Waals surface area contributed by atoms with Crippen molar-refractivity contribution < 1.29 is 14.6 Å². The fourth-order valence-electron chi connectivity index (χ4n) is 2.67. The second-order valence-corrected chi connectivity index (χ2v) is 5.32. The van der Waals surface area contributed by atoms with Crippen LogP contribution >= 0.6 is 0 Å². The minimum absolute atomic E-state index is 0.0819. The predicted molar refractivity (Wildman–Crippen MR) is 82.3 cm³/mol. The van der Waals surface area contributed by atoms with Crippen molar-refractivity contribution in [1.82, 2.24) is 5.32 Å². The second kappa shape index (κ2) is 7.00. The Balaban J connectivity index is 1.60. The number of benzene rings is 2. The van der Waals surface area contributed by atoms with Crippen molar-refractivity contribution in [2.75, 3.05) is 32.9 Å². The van der Waals surface area contributed by atoms with E-state index in [4.69, 9.17) is 9.47 Å². The molecule has 0 spiro atoms. The lowest BCUT2D eigenvalue weighted by Crippen LogP contribution is -2.41. The zero-order chi connectivity index (χ0) is 14.5. The summed E-state index contributed by atoms with van der Waals surface area (Å²) >= 11 is 0. The quantitative estimate of drug-likeness (QED) is 0.881. The van der Waals surface area contributed by atoms with E-state index in [1.807, 2.05) is 42.5 Å². The van der Waals surface area contributed by atoms with Crippen LogP contribution in [0.15, 0.2) is 42.5 Å². The largest absolute Gasteiger partial charge is 0.386 e. The van der Waals surface area contributed by atoms with Crippen LogP contribution in [-0.2, 0) is 9.47 Å². The van der Waals surface area contributed by atoms with E-state index in [0.717, 1.165) is 36.0 Å². The molecule has 1 fully saturated rings. The number of hydrogen-bond donors (Lipinski definition) is 2. The van der Waals surface area contributed by atoms with Gasteiger partial charge in [0.2, 0.25) is 0 Å². The maximum atomic E-state index is 10.4. The summed E-state index contributed by atoms with van der Waals surface area (Å²) in [6.45, 7) is 3.22. The van der Waals surface area contributed by atoms with Crippen LogP contribution in [0, 0.1) is 0 Å². The fourth-order valence-corrected chi connectivity index (χ4v) is 2.67. The lowest BCUT2D eigenvalue weighted by molar-refractivity contribution is -0.0499. The van der Waals surface area contributed by atoms with Crippen LogP contribution in [0.2, 0.25) is 0 Å². The third-order valence-corrected chi connectivity index (χ3v) is 3.77. The SMILES string of the molecule is OC(COCC1CNCCO1)c1cccc2ccccc12. The van der Waals surface area contributed by atoms with Gasteiger partial charge in [0, 0.05) is 13.1 Å². The molecule has 0 radical (unpaired) electrons. The predicted octanol–water partition coefficient (Wildman–Crippen LogP) is 1.88. The number of rotatable bonds is 5. The van der Waals surface area contributed by atoms with Gasteiger partial charge in [0.15, 0.2) is 0 Å². The van der Waals surface area contributed by atoms with Crippen molar-refractivity contribution in [3.63, 3.8) is 0 Å². The van der Waals surface area contributed by atoms with Crippen LogP contribution in [0.4, 0.5) is 0 Å². The molecule has 2 N–H and O–H groups in total. The van der Waals surface area contributed by atoms with Crippen LogP contribution < -0.4 is 5.32 Å². The van der Waals surface area contributed by atoms with Gasteiger partial charge >= 0.3 is 0 Å². The third-order valence-electron chi connectivity index (χ3n) is 3.77. The molecular formula is C17H21NO3. The van der Waals surface area contributed by atoms with E-state index in [0.29, 0.717) is 6.61 Å². The first-order valence-electron chi connectivity index (χ1n) is 7.40. The number of aliphatic hydroxyl groups excluding tert-OH is 1. The molecule has 0 amide bonds. The molecule has 2 unspecified atom stereocenters. The van der Waals surface area contributed by atoms with Gasteiger partial charge in [-0.15, -0.1) is 0 Å². The van der Waals surface area contributed by atoms with Crippen LogP contribution in [0.25, 0.3) is 10.8 Å². The molecule has 2 aromatic carbocycles. The molecule has 2 atom stereocenters. The molecule has 3 rings (SSSR count). The fraction of sp³-hybridized carbons (Fsp3) is 0.412. The molecule has 2 aromatic rings. The van der Waals surface area contributed by atoms with Gasteiger partial charge in [-0.2, -0.15) is 0 Å². The van der Waals surface area contributed by atoms with E-state index in [2.05, 4.69) is 5.32 Å². The molecule has 1 saturated heterocycles. The van der Waals surface area contributed by atoms with E-state index in [1.54, 1.807) is 0 Å². The van der Waals surface area contributed by atoms with Gasteiger partial charge in [0.1, 0.15) is 6.10 Å². The maximum Gasteiger partial charge on any atom is 0.103 e. The average molecular weight is 287 g/mol. The number of nitrogens with one attached hydrogen (secondary N) is 1. The Morgan fingerprint density at radius 1 is 1.24 bits per heavy atom. The summed E-state index contributed by atoms with van der Waals surface area (Å²) in [6.07, 6.45) is -0.536. The first kappa shape index (κ1) is 14.5. The molecule has 1 aliphatic rings. The van der Waals surface area contributed by atoms with Crippen LogP contribution in [0.3, 0.4) is 0 Å². The van der Waals surface area contributed by atoms with E-state index in [-0.39, 0.29) is 12.7 Å². The standard InChI is InChI=1S/C17H21NO3/c19-17(12-20-11-14-10-18-8-9-21-14)16-7-3-5-13-4-1-2-6-15(13)16/h1-7,14,17-19H,8-12H2. The molecule has 1 heterocycles. The zero-order valence-electron chi connectivity index (χ0n) is 12.0. The van der Waals surface area contributed by atoms with Crippen molar-refractivity contribution in [3.05, 3.63) is 48.0 Å². The van der Waals surface area contributed by atoms with E-state index in [9.17, 15) is 5.11 Å². The molecule has 112 valence electrons. The summed E-state index contributed by atoms with van der Waals surface area (Å²) in [7, 11) is 0. The Hall–Kier alpha value is -1.46. The summed E-state index contributed by atoms with van der Waals surface area (Å²) in [6, 6.07) is 14.0. The smallest absolute Gasteiger partial charge is 0.103 e. The Bertz CT molecular complexity index is 576. The van der Waals surface area contributed by atoms with Crippen molar-refractivity contribution >= 4 is 10.8 Å². The minimum atomic E-state index is -0.618. The molecule has 0 aliphatic carbocycles. The highest BCUT2D eigenvalue weighted by atomic mass is 16.5. The minimum Gasteiger partial charge on any atom is -0.386 e. The van der Waals surface area contributed by atoms with Gasteiger partial charge in [0.25, 0.3) is 0 Å². The lowest BCUT2D eigenvalue weighted by atomic mass is 10.0. The highest BCUT2D eigenvalue weighted by Crippen LogP contribution is 2.24. The lowest BCUT2D eigenvalue weighted by Gasteiger charge is -2.24. The number of fused-ring (bicyclic) bond motifs is 1. The first-order valence-corrected chi connectivity index (χ1v) is 7.40. The highest BCUT2D eigenvalue weighted by Gasteiger charge is 2.15. The van der Waals surface area contributed by atoms with Crippen LogP contribution in [0.5, 0.6) is 0 Å². The molecular weight excluding hydrogens is 266 g/mol. The Kier molecular flexibility index (Phi) is 4.83. The van der Waals surface area contributed by atoms with E-state index >= 15 is 0 Å².